The van der Waals surface area contributed by atoms with E-state index < -0.39 is 26.6 Å². The van der Waals surface area contributed by atoms with Gasteiger partial charge in [0.2, 0.25) is 5.91 Å². The van der Waals surface area contributed by atoms with Crippen LogP contribution in [0.5, 0.6) is 0 Å². The molecular formula is C63H117N2O6P. The molecule has 3 atom stereocenters. The van der Waals surface area contributed by atoms with Crippen LogP contribution < -0.4 is 10.2 Å². The highest BCUT2D eigenvalue weighted by atomic mass is 31.2. The minimum Gasteiger partial charge on any atom is -0.756 e. The maximum atomic E-state index is 12.9. The molecule has 420 valence electrons. The topological polar surface area (TPSA) is 108 Å². The molecule has 0 heterocycles. The van der Waals surface area contributed by atoms with Gasteiger partial charge >= 0.3 is 0 Å². The van der Waals surface area contributed by atoms with E-state index in [-0.39, 0.29) is 12.5 Å². The Kier molecular flexibility index (Phi) is 52.2. The van der Waals surface area contributed by atoms with Crippen LogP contribution in [-0.2, 0) is 18.4 Å². The summed E-state index contributed by atoms with van der Waals surface area (Å²) in [6.45, 7) is 4.58. The van der Waals surface area contributed by atoms with Crippen LogP contribution >= 0.6 is 7.82 Å². The minimum absolute atomic E-state index is 0.00993. The van der Waals surface area contributed by atoms with Gasteiger partial charge in [-0.15, -0.1) is 0 Å². The molecule has 1 amide bonds. The number of rotatable bonds is 55. The Morgan fingerprint density at radius 1 is 0.486 bits per heavy atom. The van der Waals surface area contributed by atoms with E-state index >= 15 is 0 Å². The fraction of sp³-hybridized carbons (Fsp3) is 0.794. The number of hydrogen-bond acceptors (Lipinski definition) is 6. The van der Waals surface area contributed by atoms with Gasteiger partial charge < -0.3 is 28.8 Å². The number of carbonyl (C=O) groups excluding carboxylic acids is 1. The van der Waals surface area contributed by atoms with Crippen molar-refractivity contribution in [1.82, 2.24) is 5.32 Å². The third-order valence-corrected chi connectivity index (χ3v) is 14.3. The van der Waals surface area contributed by atoms with Gasteiger partial charge in [-0.2, -0.15) is 0 Å². The summed E-state index contributed by atoms with van der Waals surface area (Å²) in [5, 5.41) is 13.8. The Bertz CT molecular complexity index is 1400. The molecule has 0 aliphatic carbocycles. The third kappa shape index (κ3) is 55.7. The monoisotopic (exact) mass is 1030 g/mol. The van der Waals surface area contributed by atoms with Crippen LogP contribution in [0.15, 0.2) is 72.9 Å². The van der Waals surface area contributed by atoms with Gasteiger partial charge in [-0.1, -0.05) is 254 Å². The molecule has 0 aliphatic heterocycles. The number of unbranched alkanes of at least 4 members (excludes halogenated alkanes) is 32. The number of phosphoric acid groups is 1. The molecule has 0 aromatic carbocycles. The van der Waals surface area contributed by atoms with Crippen molar-refractivity contribution in [2.24, 2.45) is 0 Å². The predicted molar refractivity (Wildman–Crippen MR) is 311 cm³/mol. The van der Waals surface area contributed by atoms with Crippen molar-refractivity contribution < 1.29 is 32.9 Å². The van der Waals surface area contributed by atoms with Crippen LogP contribution in [-0.4, -0.2) is 68.5 Å². The molecule has 0 radical (unpaired) electrons. The van der Waals surface area contributed by atoms with Gasteiger partial charge in [0, 0.05) is 6.42 Å². The molecule has 3 unspecified atom stereocenters. The number of likely N-dealkylation sites (N-methyl/N-ethyl adjacent to an activating group) is 1. The zero-order chi connectivity index (χ0) is 52.7. The Morgan fingerprint density at radius 2 is 0.819 bits per heavy atom. The number of phosphoric ester groups is 1. The van der Waals surface area contributed by atoms with Gasteiger partial charge in [0.1, 0.15) is 13.2 Å². The summed E-state index contributed by atoms with van der Waals surface area (Å²) in [6.07, 6.45) is 74.4. The quantitative estimate of drug-likeness (QED) is 0.0272. The number of nitrogens with one attached hydrogen (secondary N) is 1. The van der Waals surface area contributed by atoms with E-state index in [2.05, 4.69) is 79.9 Å². The molecule has 0 fully saturated rings. The average Bonchev–Trinajstić information content (AvgIpc) is 3.34. The van der Waals surface area contributed by atoms with Crippen molar-refractivity contribution >= 4 is 13.7 Å². The van der Waals surface area contributed by atoms with Crippen molar-refractivity contribution in [3.05, 3.63) is 72.9 Å². The summed E-state index contributed by atoms with van der Waals surface area (Å²) in [5.74, 6) is -0.211. The zero-order valence-corrected chi connectivity index (χ0v) is 48.8. The van der Waals surface area contributed by atoms with E-state index in [1.807, 2.05) is 27.2 Å². The summed E-state index contributed by atoms with van der Waals surface area (Å²) in [5.41, 5.74) is 0. The first-order valence-corrected chi connectivity index (χ1v) is 31.8. The summed E-state index contributed by atoms with van der Waals surface area (Å²) < 4.78 is 23.3. The maximum Gasteiger partial charge on any atom is 0.268 e. The largest absolute Gasteiger partial charge is 0.756 e. The lowest BCUT2D eigenvalue weighted by Gasteiger charge is -2.29. The molecule has 8 nitrogen and oxygen atoms in total. The maximum absolute atomic E-state index is 12.9. The van der Waals surface area contributed by atoms with E-state index in [0.717, 1.165) is 64.2 Å². The first-order valence-electron chi connectivity index (χ1n) is 30.3. The SMILES string of the molecule is CCCCC/C=C/CC/C=C/CC/C=C/C(O)C(COP(=O)([O-])OCC[N+](C)(C)C)NC(=O)CCCCCCCCCCCCCCCCCCCCCCCC/C=C\C/C=C\C/C=C\CCCCCCC. The number of carbonyl (C=O) groups is 1. The smallest absolute Gasteiger partial charge is 0.268 e. The third-order valence-electron chi connectivity index (χ3n) is 13.4. The van der Waals surface area contributed by atoms with E-state index in [0.29, 0.717) is 17.4 Å². The first-order chi connectivity index (χ1) is 35.0. The lowest BCUT2D eigenvalue weighted by Crippen LogP contribution is -2.45. The Labute approximate surface area is 446 Å². The zero-order valence-electron chi connectivity index (χ0n) is 47.9. The van der Waals surface area contributed by atoms with Crippen LogP contribution in [0.1, 0.15) is 271 Å². The molecule has 72 heavy (non-hydrogen) atoms. The number of nitrogens with zero attached hydrogens (tertiary/aromatic N) is 1. The summed E-state index contributed by atoms with van der Waals surface area (Å²) >= 11 is 0. The summed E-state index contributed by atoms with van der Waals surface area (Å²) in [4.78, 5) is 25.4. The number of amides is 1. The van der Waals surface area contributed by atoms with Crippen LogP contribution in [0.3, 0.4) is 0 Å². The Morgan fingerprint density at radius 3 is 1.25 bits per heavy atom. The first kappa shape index (κ1) is 69.9. The van der Waals surface area contributed by atoms with Gasteiger partial charge in [0.05, 0.1) is 39.9 Å². The molecule has 2 N–H and O–H groups in total. The van der Waals surface area contributed by atoms with Gasteiger partial charge in [-0.3, -0.25) is 9.36 Å². The van der Waals surface area contributed by atoms with Gasteiger partial charge in [-0.25, -0.2) is 0 Å². The summed E-state index contributed by atoms with van der Waals surface area (Å²) in [6, 6.07) is -0.910. The second-order valence-corrected chi connectivity index (χ2v) is 23.1. The van der Waals surface area contributed by atoms with Gasteiger partial charge in [0.25, 0.3) is 7.82 Å². The fourth-order valence-electron chi connectivity index (χ4n) is 8.60. The average molecular weight is 1030 g/mol. The predicted octanol–water partition coefficient (Wildman–Crippen LogP) is 18.0. The Hall–Kier alpha value is -2.06. The van der Waals surface area contributed by atoms with Crippen LogP contribution in [0.25, 0.3) is 0 Å². The molecule has 0 bridgehead atoms. The summed E-state index contributed by atoms with van der Waals surface area (Å²) in [7, 11) is 1.24. The van der Waals surface area contributed by atoms with Crippen LogP contribution in [0.4, 0.5) is 0 Å². The minimum atomic E-state index is -4.61. The number of aliphatic hydroxyl groups is 1. The van der Waals surface area contributed by atoms with Crippen molar-refractivity contribution in [3.8, 4) is 0 Å². The fourth-order valence-corrected chi connectivity index (χ4v) is 9.33. The van der Waals surface area contributed by atoms with E-state index in [4.69, 9.17) is 9.05 Å². The van der Waals surface area contributed by atoms with E-state index in [1.165, 1.54) is 186 Å². The van der Waals surface area contributed by atoms with Gasteiger partial charge in [-0.05, 0) is 83.5 Å². The molecule has 0 aromatic rings. The van der Waals surface area contributed by atoms with Gasteiger partial charge in [0.15, 0.2) is 0 Å². The lowest BCUT2D eigenvalue weighted by molar-refractivity contribution is -0.870. The lowest BCUT2D eigenvalue weighted by atomic mass is 10.0. The molecule has 0 spiro atoms. The molecule has 0 aromatic heterocycles. The number of hydrogen-bond donors (Lipinski definition) is 2. The molecule has 0 saturated carbocycles. The molecule has 0 aliphatic rings. The molecule has 9 heteroatoms. The second-order valence-electron chi connectivity index (χ2n) is 21.7. The van der Waals surface area contributed by atoms with Crippen molar-refractivity contribution in [2.75, 3.05) is 40.9 Å². The standard InChI is InChI=1S/C63H117N2O6P/c1-6-8-10-12-14-16-18-20-21-22-23-24-25-26-27-28-29-30-31-32-33-34-35-36-37-38-39-40-41-42-43-45-47-49-51-53-55-57-63(67)64-61(60-71-72(68,69)70-59-58-65(3,4)5)62(66)56-54-52-50-48-46-44-19-17-15-13-11-9-7-2/h15,17-18,20,22-23,25-26,46,48,54,56,61-62,66H,6-14,16,19,21,24,27-45,47,49-53,55,57-60H2,1-5H3,(H-,64,67,68,69)/b17-15+,20-18-,23-22-,26-25-,48-46+,56-54+. The number of aliphatic hydroxyl groups excluding tert-OH is 1. The highest BCUT2D eigenvalue weighted by Crippen LogP contribution is 2.38. The van der Waals surface area contributed by atoms with Crippen molar-refractivity contribution in [3.63, 3.8) is 0 Å². The Balaban J connectivity index is 3.96. The van der Waals surface area contributed by atoms with Crippen molar-refractivity contribution in [1.29, 1.82) is 0 Å². The normalized spacial score (nSPS) is 14.4. The van der Waals surface area contributed by atoms with Crippen molar-refractivity contribution in [2.45, 2.75) is 283 Å². The van der Waals surface area contributed by atoms with Crippen LogP contribution in [0.2, 0.25) is 0 Å². The van der Waals surface area contributed by atoms with E-state index in [9.17, 15) is 19.4 Å². The second kappa shape index (κ2) is 53.8. The van der Waals surface area contributed by atoms with E-state index in [1.54, 1.807) is 6.08 Å². The highest BCUT2D eigenvalue weighted by Gasteiger charge is 2.23. The molecule has 0 rings (SSSR count). The van der Waals surface area contributed by atoms with Crippen LogP contribution in [0, 0.1) is 0 Å². The number of allylic oxidation sites excluding steroid dienone is 11. The number of quaternary nitrogens is 1. The molecule has 0 saturated heterocycles. The molecular weight excluding hydrogens is 912 g/mol. The highest BCUT2D eigenvalue weighted by molar-refractivity contribution is 7.45.